The molecule has 76 valence electrons. The number of aromatic amines is 1. The molecule has 2 N–H and O–H groups in total. The lowest BCUT2D eigenvalue weighted by Crippen LogP contribution is -2.25. The van der Waals surface area contributed by atoms with E-state index in [9.17, 15) is 0 Å². The fourth-order valence-electron chi connectivity index (χ4n) is 2.60. The van der Waals surface area contributed by atoms with E-state index >= 15 is 0 Å². The van der Waals surface area contributed by atoms with Crippen LogP contribution in [0.1, 0.15) is 5.82 Å². The number of nitrogens with zero attached hydrogens (tertiary/aromatic N) is 3. The van der Waals surface area contributed by atoms with Crippen molar-refractivity contribution in [1.29, 1.82) is 0 Å². The van der Waals surface area contributed by atoms with E-state index in [0.717, 1.165) is 24.2 Å². The van der Waals surface area contributed by atoms with Crippen LogP contribution in [0.3, 0.4) is 0 Å². The Kier molecular flexibility index (Phi) is 1.99. The molecule has 2 atom stereocenters. The number of H-pyrrole nitrogens is 1. The van der Waals surface area contributed by atoms with Crippen LogP contribution in [0.4, 0.5) is 0 Å². The van der Waals surface area contributed by atoms with Gasteiger partial charge in [0.15, 0.2) is 0 Å². The summed E-state index contributed by atoms with van der Waals surface area (Å²) in [5.74, 6) is 2.70. The van der Waals surface area contributed by atoms with Crippen LogP contribution >= 0.6 is 0 Å². The Bertz CT molecular complexity index is 284. The Morgan fingerprint density at radius 3 is 2.79 bits per heavy atom. The fourth-order valence-corrected chi connectivity index (χ4v) is 2.60. The van der Waals surface area contributed by atoms with Gasteiger partial charge in [-0.3, -0.25) is 10.00 Å². The highest BCUT2D eigenvalue weighted by Gasteiger charge is 2.35. The smallest absolute Gasteiger partial charge is 0.138 e. The number of nitrogens with one attached hydrogen (secondary N) is 2. The zero-order chi connectivity index (χ0) is 9.38. The molecule has 14 heavy (non-hydrogen) atoms. The Labute approximate surface area is 82.9 Å². The minimum atomic E-state index is 0.859. The van der Waals surface area contributed by atoms with Gasteiger partial charge in [0.05, 0.1) is 6.54 Å². The molecule has 0 saturated carbocycles. The van der Waals surface area contributed by atoms with E-state index in [1.807, 2.05) is 0 Å². The largest absolute Gasteiger partial charge is 0.316 e. The van der Waals surface area contributed by atoms with E-state index in [-0.39, 0.29) is 0 Å². The second-order valence-corrected chi connectivity index (χ2v) is 4.30. The fraction of sp³-hybridized carbons (Fsp3) is 0.778. The van der Waals surface area contributed by atoms with Crippen LogP contribution in [0.2, 0.25) is 0 Å². The Morgan fingerprint density at radius 2 is 2.14 bits per heavy atom. The van der Waals surface area contributed by atoms with E-state index in [4.69, 9.17) is 0 Å². The first-order valence-electron chi connectivity index (χ1n) is 5.19. The number of hydrogen-bond donors (Lipinski definition) is 2. The lowest BCUT2D eigenvalue weighted by atomic mass is 10.0. The van der Waals surface area contributed by atoms with E-state index in [0.29, 0.717) is 0 Å². The van der Waals surface area contributed by atoms with Crippen molar-refractivity contribution in [3.05, 3.63) is 12.2 Å². The molecule has 2 fully saturated rings. The Hall–Kier alpha value is -0.940. The summed E-state index contributed by atoms with van der Waals surface area (Å²) >= 11 is 0. The van der Waals surface area contributed by atoms with Crippen molar-refractivity contribution in [3.63, 3.8) is 0 Å². The zero-order valence-electron chi connectivity index (χ0n) is 8.11. The lowest BCUT2D eigenvalue weighted by molar-refractivity contribution is 0.298. The first-order chi connectivity index (χ1) is 6.92. The summed E-state index contributed by atoms with van der Waals surface area (Å²) in [5.41, 5.74) is 0. The molecule has 2 unspecified atom stereocenters. The summed E-state index contributed by atoms with van der Waals surface area (Å²) in [4.78, 5) is 6.62. The minimum Gasteiger partial charge on any atom is -0.316 e. The van der Waals surface area contributed by atoms with Gasteiger partial charge in [-0.05, 0) is 24.9 Å². The maximum absolute atomic E-state index is 4.15. The van der Waals surface area contributed by atoms with Gasteiger partial charge in [-0.2, -0.15) is 5.10 Å². The monoisotopic (exact) mass is 193 g/mol. The van der Waals surface area contributed by atoms with Crippen molar-refractivity contribution in [1.82, 2.24) is 25.4 Å². The standard InChI is InChI=1S/C9H15N5/c1-7-3-14(4-8(7)2-10-1)5-9-11-6-12-13-9/h6-8,10H,1-5H2,(H,11,12,13). The molecule has 1 aromatic rings. The maximum Gasteiger partial charge on any atom is 0.138 e. The Balaban J connectivity index is 1.61. The van der Waals surface area contributed by atoms with Gasteiger partial charge in [0.2, 0.25) is 0 Å². The van der Waals surface area contributed by atoms with Gasteiger partial charge in [0.25, 0.3) is 0 Å². The molecule has 2 aliphatic heterocycles. The Morgan fingerprint density at radius 1 is 1.36 bits per heavy atom. The highest BCUT2D eigenvalue weighted by molar-refractivity contribution is 4.93. The van der Waals surface area contributed by atoms with Crippen molar-refractivity contribution in [3.8, 4) is 0 Å². The van der Waals surface area contributed by atoms with Crippen LogP contribution in [0, 0.1) is 11.8 Å². The van der Waals surface area contributed by atoms with Gasteiger partial charge in [0.1, 0.15) is 12.2 Å². The van der Waals surface area contributed by atoms with Gasteiger partial charge in [-0.25, -0.2) is 4.98 Å². The summed E-state index contributed by atoms with van der Waals surface area (Å²) in [7, 11) is 0. The van der Waals surface area contributed by atoms with Crippen molar-refractivity contribution >= 4 is 0 Å². The van der Waals surface area contributed by atoms with Crippen LogP contribution in [0.25, 0.3) is 0 Å². The number of likely N-dealkylation sites (tertiary alicyclic amines) is 1. The van der Waals surface area contributed by atoms with Gasteiger partial charge < -0.3 is 5.32 Å². The molecule has 3 heterocycles. The van der Waals surface area contributed by atoms with Crippen LogP contribution in [-0.2, 0) is 6.54 Å². The second kappa shape index (κ2) is 3.33. The quantitative estimate of drug-likeness (QED) is 0.662. The highest BCUT2D eigenvalue weighted by Crippen LogP contribution is 2.26. The number of aromatic nitrogens is 3. The molecule has 5 nitrogen and oxygen atoms in total. The van der Waals surface area contributed by atoms with Gasteiger partial charge >= 0.3 is 0 Å². The number of rotatable bonds is 2. The van der Waals surface area contributed by atoms with Gasteiger partial charge in [-0.15, -0.1) is 0 Å². The third kappa shape index (κ3) is 1.42. The third-order valence-electron chi connectivity index (χ3n) is 3.30. The second-order valence-electron chi connectivity index (χ2n) is 4.30. The average molecular weight is 193 g/mol. The lowest BCUT2D eigenvalue weighted by Gasteiger charge is -2.14. The normalized spacial score (nSPS) is 32.3. The molecular weight excluding hydrogens is 178 g/mol. The molecule has 0 amide bonds. The highest BCUT2D eigenvalue weighted by atomic mass is 15.2. The van der Waals surface area contributed by atoms with E-state index in [1.54, 1.807) is 6.33 Å². The van der Waals surface area contributed by atoms with E-state index in [2.05, 4.69) is 25.4 Å². The molecule has 0 spiro atoms. The van der Waals surface area contributed by atoms with Crippen LogP contribution < -0.4 is 5.32 Å². The van der Waals surface area contributed by atoms with E-state index in [1.165, 1.54) is 26.2 Å². The van der Waals surface area contributed by atoms with Crippen molar-refractivity contribution < 1.29 is 0 Å². The SMILES string of the molecule is c1n[nH]c(CN2CC3CNCC3C2)n1. The molecular formula is C9H15N5. The first kappa shape index (κ1) is 8.38. The summed E-state index contributed by atoms with van der Waals surface area (Å²) in [6.45, 7) is 5.72. The minimum absolute atomic E-state index is 0.859. The molecule has 5 heteroatoms. The molecule has 0 bridgehead atoms. The topological polar surface area (TPSA) is 56.8 Å². The van der Waals surface area contributed by atoms with Gasteiger partial charge in [-0.1, -0.05) is 0 Å². The zero-order valence-corrected chi connectivity index (χ0v) is 8.11. The third-order valence-corrected chi connectivity index (χ3v) is 3.30. The predicted octanol–water partition coefficient (Wildman–Crippen LogP) is -0.544. The molecule has 1 aromatic heterocycles. The average Bonchev–Trinajstić information content (AvgIpc) is 2.78. The molecule has 2 saturated heterocycles. The summed E-state index contributed by atoms with van der Waals surface area (Å²) < 4.78 is 0. The summed E-state index contributed by atoms with van der Waals surface area (Å²) in [6.07, 6.45) is 1.58. The predicted molar refractivity (Wildman–Crippen MR) is 51.5 cm³/mol. The van der Waals surface area contributed by atoms with Crippen LogP contribution in [0.5, 0.6) is 0 Å². The van der Waals surface area contributed by atoms with Gasteiger partial charge in [0, 0.05) is 13.1 Å². The molecule has 0 aromatic carbocycles. The molecule has 2 aliphatic rings. The van der Waals surface area contributed by atoms with Crippen LogP contribution in [-0.4, -0.2) is 46.3 Å². The first-order valence-corrected chi connectivity index (χ1v) is 5.19. The number of hydrogen-bond acceptors (Lipinski definition) is 4. The molecule has 0 radical (unpaired) electrons. The molecule has 3 rings (SSSR count). The van der Waals surface area contributed by atoms with E-state index < -0.39 is 0 Å². The van der Waals surface area contributed by atoms with Crippen LogP contribution in [0.15, 0.2) is 6.33 Å². The van der Waals surface area contributed by atoms with Crippen molar-refractivity contribution in [2.45, 2.75) is 6.54 Å². The number of fused-ring (bicyclic) bond motifs is 1. The van der Waals surface area contributed by atoms with Crippen molar-refractivity contribution in [2.24, 2.45) is 11.8 Å². The molecule has 0 aliphatic carbocycles. The maximum atomic E-state index is 4.15. The summed E-state index contributed by atoms with van der Waals surface area (Å²) in [6, 6.07) is 0. The summed E-state index contributed by atoms with van der Waals surface area (Å²) in [5, 5.41) is 10.2. The van der Waals surface area contributed by atoms with Crippen molar-refractivity contribution in [2.75, 3.05) is 26.2 Å².